The number of phenolic OH excluding ortho intramolecular Hbond substituents is 1. The van der Waals surface area contributed by atoms with E-state index in [2.05, 4.69) is 5.32 Å². The maximum Gasteiger partial charge on any atom is 0.115 e. The maximum atomic E-state index is 10.1. The zero-order valence-electron chi connectivity index (χ0n) is 12.0. The average molecular weight is 275 g/mol. The molecule has 3 N–H and O–H groups in total. The topological polar surface area (TPSA) is 52.5 Å². The SMILES string of the molecule is Oc1ccc(C2CCC(NCC3(O)CCC3)CC2)cc1. The van der Waals surface area contributed by atoms with E-state index in [9.17, 15) is 10.2 Å². The van der Waals surface area contributed by atoms with Crippen molar-refractivity contribution >= 4 is 0 Å². The molecule has 0 bridgehead atoms. The Labute approximate surface area is 121 Å². The molecule has 1 aromatic rings. The molecule has 110 valence electrons. The van der Waals surface area contributed by atoms with Gasteiger partial charge in [0.25, 0.3) is 0 Å². The van der Waals surface area contributed by atoms with E-state index >= 15 is 0 Å². The zero-order chi connectivity index (χ0) is 14.0. The lowest BCUT2D eigenvalue weighted by molar-refractivity contribution is -0.0340. The largest absolute Gasteiger partial charge is 0.508 e. The minimum atomic E-state index is -0.409. The third kappa shape index (κ3) is 3.15. The summed E-state index contributed by atoms with van der Waals surface area (Å²) >= 11 is 0. The molecule has 2 aliphatic carbocycles. The Kier molecular flexibility index (Phi) is 3.99. The van der Waals surface area contributed by atoms with Gasteiger partial charge in [-0.05, 0) is 68.6 Å². The van der Waals surface area contributed by atoms with Crippen LogP contribution in [0.5, 0.6) is 5.75 Å². The van der Waals surface area contributed by atoms with Crippen molar-refractivity contribution in [2.24, 2.45) is 0 Å². The number of aromatic hydroxyl groups is 1. The molecule has 2 aliphatic rings. The van der Waals surface area contributed by atoms with Gasteiger partial charge in [0.2, 0.25) is 0 Å². The zero-order valence-corrected chi connectivity index (χ0v) is 12.0. The monoisotopic (exact) mass is 275 g/mol. The summed E-state index contributed by atoms with van der Waals surface area (Å²) < 4.78 is 0. The maximum absolute atomic E-state index is 10.1. The molecule has 3 nitrogen and oxygen atoms in total. The molecule has 2 fully saturated rings. The van der Waals surface area contributed by atoms with E-state index in [1.807, 2.05) is 12.1 Å². The van der Waals surface area contributed by atoms with E-state index in [0.29, 0.717) is 17.7 Å². The van der Waals surface area contributed by atoms with Crippen LogP contribution in [0.1, 0.15) is 56.4 Å². The molecule has 0 spiro atoms. The van der Waals surface area contributed by atoms with Crippen molar-refractivity contribution in [3.8, 4) is 5.75 Å². The van der Waals surface area contributed by atoms with Gasteiger partial charge in [-0.2, -0.15) is 0 Å². The van der Waals surface area contributed by atoms with Crippen LogP contribution >= 0.6 is 0 Å². The average Bonchev–Trinajstić information content (AvgIpc) is 2.45. The smallest absolute Gasteiger partial charge is 0.115 e. The highest BCUT2D eigenvalue weighted by Gasteiger charge is 2.34. The van der Waals surface area contributed by atoms with E-state index in [0.717, 1.165) is 19.4 Å². The first-order chi connectivity index (χ1) is 9.65. The quantitative estimate of drug-likeness (QED) is 0.792. The summed E-state index contributed by atoms with van der Waals surface area (Å²) in [5.74, 6) is 0.971. The molecule has 0 heterocycles. The van der Waals surface area contributed by atoms with Crippen LogP contribution < -0.4 is 5.32 Å². The first kappa shape index (κ1) is 13.9. The highest BCUT2D eigenvalue weighted by atomic mass is 16.3. The van der Waals surface area contributed by atoms with Gasteiger partial charge in [0.05, 0.1) is 5.60 Å². The second-order valence-electron chi connectivity index (χ2n) is 6.60. The number of nitrogens with one attached hydrogen (secondary N) is 1. The number of rotatable bonds is 4. The Balaban J connectivity index is 1.45. The Hall–Kier alpha value is -1.06. The van der Waals surface area contributed by atoms with Gasteiger partial charge >= 0.3 is 0 Å². The second kappa shape index (κ2) is 5.74. The fourth-order valence-corrected chi connectivity index (χ4v) is 3.47. The van der Waals surface area contributed by atoms with E-state index in [4.69, 9.17) is 0 Å². The lowest BCUT2D eigenvalue weighted by atomic mass is 9.79. The standard InChI is InChI=1S/C17H25NO2/c19-16-8-4-14(5-9-16)13-2-6-15(7-3-13)18-12-17(20)10-1-11-17/h4-5,8-9,13,15,18-20H,1-3,6-7,10-12H2. The molecular weight excluding hydrogens is 250 g/mol. The fourth-order valence-electron chi connectivity index (χ4n) is 3.47. The summed E-state index contributed by atoms with van der Waals surface area (Å²) in [7, 11) is 0. The Bertz CT molecular complexity index is 431. The van der Waals surface area contributed by atoms with Gasteiger partial charge in [-0.25, -0.2) is 0 Å². The molecule has 0 amide bonds. The molecule has 0 radical (unpaired) electrons. The van der Waals surface area contributed by atoms with Gasteiger partial charge in [-0.3, -0.25) is 0 Å². The molecule has 2 saturated carbocycles. The number of hydrogen-bond donors (Lipinski definition) is 3. The Morgan fingerprint density at radius 2 is 1.70 bits per heavy atom. The van der Waals surface area contributed by atoms with Crippen molar-refractivity contribution in [1.82, 2.24) is 5.32 Å². The van der Waals surface area contributed by atoms with Crippen LogP contribution in [-0.2, 0) is 0 Å². The summed E-state index contributed by atoms with van der Waals surface area (Å²) in [6.45, 7) is 0.765. The van der Waals surface area contributed by atoms with E-state index in [1.54, 1.807) is 12.1 Å². The van der Waals surface area contributed by atoms with Crippen molar-refractivity contribution < 1.29 is 10.2 Å². The highest BCUT2D eigenvalue weighted by molar-refractivity contribution is 5.28. The number of benzene rings is 1. The minimum Gasteiger partial charge on any atom is -0.508 e. The fraction of sp³-hybridized carbons (Fsp3) is 0.647. The summed E-state index contributed by atoms with van der Waals surface area (Å²) in [6, 6.07) is 8.22. The third-order valence-corrected chi connectivity index (χ3v) is 5.10. The molecule has 3 heteroatoms. The predicted molar refractivity (Wildman–Crippen MR) is 79.9 cm³/mol. The van der Waals surface area contributed by atoms with Gasteiger partial charge in [-0.15, -0.1) is 0 Å². The van der Waals surface area contributed by atoms with Crippen LogP contribution in [0, 0.1) is 0 Å². The molecule has 0 saturated heterocycles. The Morgan fingerprint density at radius 1 is 1.05 bits per heavy atom. The van der Waals surface area contributed by atoms with Gasteiger partial charge in [-0.1, -0.05) is 12.1 Å². The van der Waals surface area contributed by atoms with E-state index in [-0.39, 0.29) is 0 Å². The highest BCUT2D eigenvalue weighted by Crippen LogP contribution is 2.35. The Morgan fingerprint density at radius 3 is 2.25 bits per heavy atom. The minimum absolute atomic E-state index is 0.345. The van der Waals surface area contributed by atoms with Crippen molar-refractivity contribution in [3.05, 3.63) is 29.8 Å². The van der Waals surface area contributed by atoms with Crippen LogP contribution in [0.25, 0.3) is 0 Å². The lowest BCUT2D eigenvalue weighted by Crippen LogP contribution is -2.49. The summed E-state index contributed by atoms with van der Waals surface area (Å²) in [5, 5.41) is 23.0. The van der Waals surface area contributed by atoms with Gasteiger partial charge in [0.1, 0.15) is 5.75 Å². The molecule has 0 aromatic heterocycles. The van der Waals surface area contributed by atoms with Crippen LogP contribution in [-0.4, -0.2) is 28.4 Å². The summed E-state index contributed by atoms with van der Waals surface area (Å²) in [4.78, 5) is 0. The van der Waals surface area contributed by atoms with Crippen LogP contribution in [0.3, 0.4) is 0 Å². The lowest BCUT2D eigenvalue weighted by Gasteiger charge is -2.39. The molecule has 20 heavy (non-hydrogen) atoms. The first-order valence-corrected chi connectivity index (χ1v) is 7.89. The third-order valence-electron chi connectivity index (χ3n) is 5.10. The van der Waals surface area contributed by atoms with E-state index < -0.39 is 5.60 Å². The molecule has 3 rings (SSSR count). The van der Waals surface area contributed by atoms with Crippen molar-refractivity contribution in [1.29, 1.82) is 0 Å². The number of phenols is 1. The molecule has 0 atom stereocenters. The van der Waals surface area contributed by atoms with Crippen LogP contribution in [0.4, 0.5) is 0 Å². The van der Waals surface area contributed by atoms with Crippen LogP contribution in [0.15, 0.2) is 24.3 Å². The first-order valence-electron chi connectivity index (χ1n) is 7.89. The summed E-state index contributed by atoms with van der Waals surface area (Å²) in [5.41, 5.74) is 0.937. The second-order valence-corrected chi connectivity index (χ2v) is 6.60. The number of hydrogen-bond acceptors (Lipinski definition) is 3. The normalized spacial score (nSPS) is 28.9. The van der Waals surface area contributed by atoms with Crippen molar-refractivity contribution in [2.75, 3.05) is 6.54 Å². The molecule has 0 aliphatic heterocycles. The predicted octanol–water partition coefficient (Wildman–Crippen LogP) is 2.92. The number of aliphatic hydroxyl groups is 1. The summed E-state index contributed by atoms with van der Waals surface area (Å²) in [6.07, 6.45) is 7.85. The molecule has 1 aromatic carbocycles. The molecule has 0 unspecified atom stereocenters. The van der Waals surface area contributed by atoms with E-state index in [1.165, 1.54) is 37.7 Å². The molecular formula is C17H25NO2. The van der Waals surface area contributed by atoms with Crippen molar-refractivity contribution in [2.45, 2.75) is 62.5 Å². The van der Waals surface area contributed by atoms with Crippen LogP contribution in [0.2, 0.25) is 0 Å². The van der Waals surface area contributed by atoms with Gasteiger partial charge in [0.15, 0.2) is 0 Å². The van der Waals surface area contributed by atoms with Gasteiger partial charge in [0, 0.05) is 12.6 Å². The van der Waals surface area contributed by atoms with Crippen molar-refractivity contribution in [3.63, 3.8) is 0 Å². The van der Waals surface area contributed by atoms with Gasteiger partial charge < -0.3 is 15.5 Å².